The van der Waals surface area contributed by atoms with Crippen molar-refractivity contribution in [1.82, 2.24) is 4.90 Å². The van der Waals surface area contributed by atoms with E-state index in [-0.39, 0.29) is 11.3 Å². The number of carbonyl (C=O) groups excluding carboxylic acids is 1. The van der Waals surface area contributed by atoms with Gasteiger partial charge in [-0.15, -0.1) is 0 Å². The molecule has 1 aliphatic carbocycles. The van der Waals surface area contributed by atoms with Gasteiger partial charge in [-0.3, -0.25) is 4.79 Å². The standard InChI is InChI=1S/C33H36N4O2S/c1-35(2)30-8-4-7-29-28(30)6-5-9-31(29)40-34-25-12-14-26(15-13-25)36-20-22-37(23-21-36)32(38)33(18-19-33)24-10-16-27(39-3)17-11-24/h4-17,34H,18-23H2,1-3H3. The van der Waals surface area contributed by atoms with Crippen LogP contribution < -0.4 is 19.3 Å². The van der Waals surface area contributed by atoms with Gasteiger partial charge in [-0.25, -0.2) is 0 Å². The molecule has 6 nitrogen and oxygen atoms in total. The molecule has 1 aliphatic heterocycles. The lowest BCUT2D eigenvalue weighted by Crippen LogP contribution is -2.51. The van der Waals surface area contributed by atoms with Gasteiger partial charge in [0.05, 0.1) is 12.5 Å². The van der Waals surface area contributed by atoms with Gasteiger partial charge in [0, 0.05) is 67.6 Å². The summed E-state index contributed by atoms with van der Waals surface area (Å²) in [5, 5.41) is 2.50. The number of nitrogens with one attached hydrogen (secondary N) is 1. The number of fused-ring (bicyclic) bond motifs is 1. The molecule has 4 aromatic rings. The molecule has 7 heteroatoms. The number of benzene rings is 4. The summed E-state index contributed by atoms with van der Waals surface area (Å²) in [5.41, 5.74) is 4.26. The molecular formula is C33H36N4O2S. The molecule has 1 heterocycles. The Balaban J connectivity index is 1.06. The van der Waals surface area contributed by atoms with Gasteiger partial charge in [-0.2, -0.15) is 0 Å². The number of hydrogen-bond donors (Lipinski definition) is 1. The molecule has 1 saturated carbocycles. The number of rotatable bonds is 8. The van der Waals surface area contributed by atoms with E-state index in [1.807, 2.05) is 12.1 Å². The van der Waals surface area contributed by atoms with Crippen molar-refractivity contribution in [3.8, 4) is 5.75 Å². The van der Waals surface area contributed by atoms with E-state index in [1.165, 1.54) is 27.0 Å². The molecule has 2 fully saturated rings. The zero-order valence-electron chi connectivity index (χ0n) is 23.4. The van der Waals surface area contributed by atoms with E-state index in [0.29, 0.717) is 0 Å². The monoisotopic (exact) mass is 552 g/mol. The average Bonchev–Trinajstić information content (AvgIpc) is 3.82. The Morgan fingerprint density at radius 2 is 1.52 bits per heavy atom. The minimum absolute atomic E-state index is 0.278. The third kappa shape index (κ3) is 5.06. The number of methoxy groups -OCH3 is 1. The first-order valence-corrected chi connectivity index (χ1v) is 14.7. The topological polar surface area (TPSA) is 48.1 Å². The van der Waals surface area contributed by atoms with Gasteiger partial charge in [-0.05, 0) is 84.3 Å². The first-order valence-electron chi connectivity index (χ1n) is 13.9. The summed E-state index contributed by atoms with van der Waals surface area (Å²) in [6, 6.07) is 29.6. The molecule has 0 unspecified atom stereocenters. The number of hydrogen-bond acceptors (Lipinski definition) is 6. The van der Waals surface area contributed by atoms with Crippen LogP contribution >= 0.6 is 11.9 Å². The first kappa shape index (κ1) is 26.4. The summed E-state index contributed by atoms with van der Waals surface area (Å²) in [5.74, 6) is 1.10. The molecule has 1 saturated heterocycles. The van der Waals surface area contributed by atoms with Gasteiger partial charge in [0.2, 0.25) is 5.91 Å². The van der Waals surface area contributed by atoms with Crippen LogP contribution in [0.1, 0.15) is 18.4 Å². The molecular weight excluding hydrogens is 516 g/mol. The number of ether oxygens (including phenoxy) is 1. The van der Waals surface area contributed by atoms with Crippen molar-refractivity contribution in [2.24, 2.45) is 0 Å². The van der Waals surface area contributed by atoms with Crippen molar-refractivity contribution < 1.29 is 9.53 Å². The maximum atomic E-state index is 13.5. The SMILES string of the molecule is COc1ccc(C2(C(=O)N3CCN(c4ccc(NSc5cccc6c(N(C)C)cccc56)cc4)CC3)CC2)cc1. The fourth-order valence-corrected chi connectivity index (χ4v) is 6.53. The Kier molecular flexibility index (Phi) is 7.24. The number of anilines is 3. The summed E-state index contributed by atoms with van der Waals surface area (Å²) in [7, 11) is 5.83. The van der Waals surface area contributed by atoms with Crippen LogP contribution in [0.15, 0.2) is 89.8 Å². The van der Waals surface area contributed by atoms with Crippen LogP contribution in [0.25, 0.3) is 10.8 Å². The smallest absolute Gasteiger partial charge is 0.233 e. The van der Waals surface area contributed by atoms with Crippen molar-refractivity contribution in [3.05, 3.63) is 90.5 Å². The normalized spacial score (nSPS) is 16.1. The maximum absolute atomic E-state index is 13.5. The lowest BCUT2D eigenvalue weighted by Gasteiger charge is -2.38. The highest BCUT2D eigenvalue weighted by Gasteiger charge is 2.53. The third-order valence-electron chi connectivity index (χ3n) is 8.22. The molecule has 0 atom stereocenters. The molecule has 1 N–H and O–H groups in total. The Bertz CT molecular complexity index is 1490. The molecule has 0 radical (unpaired) electrons. The fraction of sp³-hybridized carbons (Fsp3) is 0.303. The van der Waals surface area contributed by atoms with E-state index in [0.717, 1.165) is 56.0 Å². The van der Waals surface area contributed by atoms with Gasteiger partial charge >= 0.3 is 0 Å². The minimum Gasteiger partial charge on any atom is -0.497 e. The molecule has 0 bridgehead atoms. The number of amides is 1. The Morgan fingerprint density at radius 1 is 0.850 bits per heavy atom. The van der Waals surface area contributed by atoms with Gasteiger partial charge in [0.1, 0.15) is 5.75 Å². The van der Waals surface area contributed by atoms with Crippen LogP contribution in [-0.2, 0) is 10.2 Å². The Morgan fingerprint density at radius 3 is 2.17 bits per heavy atom. The van der Waals surface area contributed by atoms with Crippen LogP contribution in [-0.4, -0.2) is 58.2 Å². The van der Waals surface area contributed by atoms with Crippen molar-refractivity contribution in [1.29, 1.82) is 0 Å². The van der Waals surface area contributed by atoms with Crippen LogP contribution in [0, 0.1) is 0 Å². The van der Waals surface area contributed by atoms with Crippen LogP contribution in [0.4, 0.5) is 17.1 Å². The van der Waals surface area contributed by atoms with Crippen LogP contribution in [0.2, 0.25) is 0 Å². The van der Waals surface area contributed by atoms with Gasteiger partial charge < -0.3 is 24.2 Å². The predicted octanol–water partition coefficient (Wildman–Crippen LogP) is 6.41. The largest absolute Gasteiger partial charge is 0.497 e. The second-order valence-corrected chi connectivity index (χ2v) is 11.7. The van der Waals surface area contributed by atoms with Crippen molar-refractivity contribution in [3.63, 3.8) is 0 Å². The highest BCUT2D eigenvalue weighted by atomic mass is 32.2. The highest BCUT2D eigenvalue weighted by molar-refractivity contribution is 8.00. The molecule has 4 aromatic carbocycles. The maximum Gasteiger partial charge on any atom is 0.233 e. The summed E-state index contributed by atoms with van der Waals surface area (Å²) < 4.78 is 8.82. The van der Waals surface area contributed by atoms with E-state index >= 15 is 0 Å². The van der Waals surface area contributed by atoms with E-state index in [4.69, 9.17) is 4.74 Å². The quantitative estimate of drug-likeness (QED) is 0.255. The number of nitrogens with zero attached hydrogens (tertiary/aromatic N) is 3. The molecule has 2 aliphatic rings. The number of carbonyl (C=O) groups is 1. The Labute approximate surface area is 241 Å². The van der Waals surface area contributed by atoms with Crippen molar-refractivity contribution >= 4 is 45.7 Å². The summed E-state index contributed by atoms with van der Waals surface area (Å²) in [4.78, 5) is 21.3. The average molecular weight is 553 g/mol. The second kappa shape index (κ2) is 11.0. The minimum atomic E-state index is -0.336. The van der Waals surface area contributed by atoms with Gasteiger partial charge in [-0.1, -0.05) is 36.4 Å². The van der Waals surface area contributed by atoms with Crippen LogP contribution in [0.5, 0.6) is 5.75 Å². The molecule has 0 aromatic heterocycles. The van der Waals surface area contributed by atoms with E-state index in [1.54, 1.807) is 19.1 Å². The van der Waals surface area contributed by atoms with E-state index in [9.17, 15) is 4.79 Å². The van der Waals surface area contributed by atoms with Crippen molar-refractivity contribution in [2.45, 2.75) is 23.2 Å². The molecule has 0 spiro atoms. The lowest BCUT2D eigenvalue weighted by molar-refractivity contribution is -0.134. The van der Waals surface area contributed by atoms with E-state index < -0.39 is 0 Å². The fourth-order valence-electron chi connectivity index (χ4n) is 5.73. The lowest BCUT2D eigenvalue weighted by atomic mass is 9.94. The van der Waals surface area contributed by atoms with Gasteiger partial charge in [0.15, 0.2) is 0 Å². The third-order valence-corrected chi connectivity index (χ3v) is 9.13. The molecule has 206 valence electrons. The second-order valence-electron chi connectivity index (χ2n) is 10.9. The molecule has 6 rings (SSSR count). The predicted molar refractivity (Wildman–Crippen MR) is 167 cm³/mol. The molecule has 1 amide bonds. The summed E-state index contributed by atoms with van der Waals surface area (Å²) in [6.45, 7) is 3.19. The van der Waals surface area contributed by atoms with E-state index in [2.05, 4.69) is 106 Å². The Hall–Kier alpha value is -3.84. The van der Waals surface area contributed by atoms with Crippen molar-refractivity contribution in [2.75, 3.05) is 61.9 Å². The van der Waals surface area contributed by atoms with Gasteiger partial charge in [0.25, 0.3) is 0 Å². The zero-order chi connectivity index (χ0) is 27.7. The number of piperazine rings is 1. The highest BCUT2D eigenvalue weighted by Crippen LogP contribution is 2.50. The zero-order valence-corrected chi connectivity index (χ0v) is 24.2. The summed E-state index contributed by atoms with van der Waals surface area (Å²) in [6.07, 6.45) is 1.86. The summed E-state index contributed by atoms with van der Waals surface area (Å²) >= 11 is 1.64. The molecule has 40 heavy (non-hydrogen) atoms. The van der Waals surface area contributed by atoms with Crippen LogP contribution in [0.3, 0.4) is 0 Å². The first-order chi connectivity index (χ1) is 19.5.